The summed E-state index contributed by atoms with van der Waals surface area (Å²) in [6, 6.07) is 2.89. The highest BCUT2D eigenvalue weighted by molar-refractivity contribution is 5.08. The zero-order chi connectivity index (χ0) is 8.39. The molecule has 1 saturated carbocycles. The Morgan fingerprint density at radius 2 is 2.42 bits per heavy atom. The van der Waals surface area contributed by atoms with Crippen molar-refractivity contribution in [3.8, 4) is 0 Å². The van der Waals surface area contributed by atoms with Crippen molar-refractivity contribution < 1.29 is 0 Å². The first-order valence-electron chi connectivity index (χ1n) is 4.69. The van der Waals surface area contributed by atoms with Gasteiger partial charge in [-0.25, -0.2) is 0 Å². The standard InChI is InChI=1S/C10H16N2/c1-8-4-10(5-8)12-7-9-2-3-11-6-9/h2-3,6,8,10-12H,4-5,7H2,1H3. The number of hydrogen-bond acceptors (Lipinski definition) is 1. The van der Waals surface area contributed by atoms with E-state index in [4.69, 9.17) is 0 Å². The summed E-state index contributed by atoms with van der Waals surface area (Å²) in [5.74, 6) is 0.939. The van der Waals surface area contributed by atoms with Crippen LogP contribution in [-0.4, -0.2) is 11.0 Å². The fraction of sp³-hybridized carbons (Fsp3) is 0.600. The van der Waals surface area contributed by atoms with E-state index in [1.54, 1.807) is 0 Å². The van der Waals surface area contributed by atoms with Crippen molar-refractivity contribution in [2.45, 2.75) is 32.4 Å². The van der Waals surface area contributed by atoms with E-state index in [0.29, 0.717) is 0 Å². The zero-order valence-electron chi connectivity index (χ0n) is 7.51. The minimum absolute atomic E-state index is 0.773. The van der Waals surface area contributed by atoms with E-state index < -0.39 is 0 Å². The average Bonchev–Trinajstić information content (AvgIpc) is 2.47. The molecule has 0 unspecified atom stereocenters. The lowest BCUT2D eigenvalue weighted by Crippen LogP contribution is -2.39. The highest BCUT2D eigenvalue weighted by Gasteiger charge is 2.24. The number of aromatic amines is 1. The lowest BCUT2D eigenvalue weighted by atomic mass is 9.82. The van der Waals surface area contributed by atoms with Crippen LogP contribution in [-0.2, 0) is 6.54 Å². The van der Waals surface area contributed by atoms with Gasteiger partial charge in [-0.2, -0.15) is 0 Å². The van der Waals surface area contributed by atoms with E-state index in [2.05, 4.69) is 29.5 Å². The molecule has 1 aliphatic carbocycles. The van der Waals surface area contributed by atoms with E-state index in [1.807, 2.05) is 6.20 Å². The second-order valence-corrected chi connectivity index (χ2v) is 3.87. The van der Waals surface area contributed by atoms with Gasteiger partial charge in [-0.05, 0) is 30.4 Å². The molecule has 0 aromatic carbocycles. The van der Waals surface area contributed by atoms with Crippen molar-refractivity contribution in [3.63, 3.8) is 0 Å². The lowest BCUT2D eigenvalue weighted by molar-refractivity contribution is 0.240. The molecular weight excluding hydrogens is 148 g/mol. The maximum atomic E-state index is 3.53. The predicted octanol–water partition coefficient (Wildman–Crippen LogP) is 1.90. The molecule has 1 aromatic rings. The summed E-state index contributed by atoms with van der Waals surface area (Å²) < 4.78 is 0. The molecule has 66 valence electrons. The second-order valence-electron chi connectivity index (χ2n) is 3.87. The molecule has 0 aliphatic heterocycles. The quantitative estimate of drug-likeness (QED) is 0.701. The van der Waals surface area contributed by atoms with Gasteiger partial charge in [0.05, 0.1) is 0 Å². The summed E-state index contributed by atoms with van der Waals surface area (Å²) in [6.07, 6.45) is 6.73. The van der Waals surface area contributed by atoms with E-state index in [9.17, 15) is 0 Å². The lowest BCUT2D eigenvalue weighted by Gasteiger charge is -2.33. The number of nitrogens with one attached hydrogen (secondary N) is 2. The van der Waals surface area contributed by atoms with Gasteiger partial charge in [-0.3, -0.25) is 0 Å². The molecule has 2 heteroatoms. The number of aromatic nitrogens is 1. The van der Waals surface area contributed by atoms with Gasteiger partial charge in [0, 0.05) is 25.0 Å². The van der Waals surface area contributed by atoms with Gasteiger partial charge in [0.2, 0.25) is 0 Å². The number of rotatable bonds is 3. The molecule has 0 amide bonds. The normalized spacial score (nSPS) is 28.4. The molecule has 1 aromatic heterocycles. The van der Waals surface area contributed by atoms with Gasteiger partial charge in [-0.1, -0.05) is 6.92 Å². The van der Waals surface area contributed by atoms with Crippen LogP contribution in [0.15, 0.2) is 18.5 Å². The van der Waals surface area contributed by atoms with Gasteiger partial charge in [0.15, 0.2) is 0 Å². The maximum Gasteiger partial charge on any atom is 0.0223 e. The fourth-order valence-electron chi connectivity index (χ4n) is 1.80. The molecular formula is C10H16N2. The first-order valence-corrected chi connectivity index (χ1v) is 4.69. The van der Waals surface area contributed by atoms with E-state index in [0.717, 1.165) is 18.5 Å². The molecule has 2 N–H and O–H groups in total. The Balaban J connectivity index is 1.70. The largest absolute Gasteiger partial charge is 0.367 e. The van der Waals surface area contributed by atoms with Crippen molar-refractivity contribution in [2.75, 3.05) is 0 Å². The molecule has 0 atom stereocenters. The first-order chi connectivity index (χ1) is 5.84. The topological polar surface area (TPSA) is 27.8 Å². The molecule has 2 nitrogen and oxygen atoms in total. The summed E-state index contributed by atoms with van der Waals surface area (Å²) in [4.78, 5) is 3.06. The third kappa shape index (κ3) is 1.69. The average molecular weight is 164 g/mol. The molecule has 0 bridgehead atoms. The van der Waals surface area contributed by atoms with Gasteiger partial charge in [0.1, 0.15) is 0 Å². The predicted molar refractivity (Wildman–Crippen MR) is 49.8 cm³/mol. The Bertz CT molecular complexity index is 222. The second kappa shape index (κ2) is 3.31. The van der Waals surface area contributed by atoms with Crippen molar-refractivity contribution >= 4 is 0 Å². The Morgan fingerprint density at radius 3 is 3.00 bits per heavy atom. The summed E-state index contributed by atoms with van der Waals surface area (Å²) in [5.41, 5.74) is 1.36. The maximum absolute atomic E-state index is 3.53. The number of H-pyrrole nitrogens is 1. The SMILES string of the molecule is CC1CC(NCc2cc[nH]c2)C1. The molecule has 1 aliphatic rings. The van der Waals surface area contributed by atoms with E-state index >= 15 is 0 Å². The van der Waals surface area contributed by atoms with Crippen LogP contribution in [0.1, 0.15) is 25.3 Å². The summed E-state index contributed by atoms with van der Waals surface area (Å²) in [6.45, 7) is 3.33. The van der Waals surface area contributed by atoms with Crippen LogP contribution < -0.4 is 5.32 Å². The van der Waals surface area contributed by atoms with Crippen molar-refractivity contribution in [3.05, 3.63) is 24.0 Å². The zero-order valence-corrected chi connectivity index (χ0v) is 7.51. The van der Waals surface area contributed by atoms with Gasteiger partial charge >= 0.3 is 0 Å². The third-order valence-electron chi connectivity index (χ3n) is 2.63. The van der Waals surface area contributed by atoms with Gasteiger partial charge in [-0.15, -0.1) is 0 Å². The van der Waals surface area contributed by atoms with Gasteiger partial charge in [0.25, 0.3) is 0 Å². The van der Waals surface area contributed by atoms with Gasteiger partial charge < -0.3 is 10.3 Å². The van der Waals surface area contributed by atoms with E-state index in [-0.39, 0.29) is 0 Å². The molecule has 0 radical (unpaired) electrons. The summed E-state index contributed by atoms with van der Waals surface area (Å²) in [5, 5.41) is 3.53. The van der Waals surface area contributed by atoms with Crippen LogP contribution in [0.5, 0.6) is 0 Å². The monoisotopic (exact) mass is 164 g/mol. The molecule has 1 fully saturated rings. The van der Waals surface area contributed by atoms with Crippen LogP contribution in [0, 0.1) is 5.92 Å². The summed E-state index contributed by atoms with van der Waals surface area (Å²) >= 11 is 0. The third-order valence-corrected chi connectivity index (χ3v) is 2.63. The Morgan fingerprint density at radius 1 is 1.58 bits per heavy atom. The molecule has 2 rings (SSSR count). The number of hydrogen-bond donors (Lipinski definition) is 2. The van der Waals surface area contributed by atoms with Crippen LogP contribution >= 0.6 is 0 Å². The molecule has 1 heterocycles. The van der Waals surface area contributed by atoms with Crippen LogP contribution in [0.25, 0.3) is 0 Å². The van der Waals surface area contributed by atoms with Crippen LogP contribution in [0.3, 0.4) is 0 Å². The Kier molecular flexibility index (Phi) is 2.17. The molecule has 12 heavy (non-hydrogen) atoms. The highest BCUT2D eigenvalue weighted by atomic mass is 14.9. The molecule has 0 spiro atoms. The first kappa shape index (κ1) is 7.87. The van der Waals surface area contributed by atoms with Crippen molar-refractivity contribution in [1.29, 1.82) is 0 Å². The van der Waals surface area contributed by atoms with Crippen LogP contribution in [0.2, 0.25) is 0 Å². The minimum atomic E-state index is 0.773. The Labute approximate surface area is 73.4 Å². The fourth-order valence-corrected chi connectivity index (χ4v) is 1.80. The molecule has 0 saturated heterocycles. The smallest absolute Gasteiger partial charge is 0.0223 e. The minimum Gasteiger partial charge on any atom is -0.367 e. The van der Waals surface area contributed by atoms with E-state index in [1.165, 1.54) is 18.4 Å². The highest BCUT2D eigenvalue weighted by Crippen LogP contribution is 2.26. The Hall–Kier alpha value is -0.760. The van der Waals surface area contributed by atoms with Crippen molar-refractivity contribution in [2.24, 2.45) is 5.92 Å². The summed E-state index contributed by atoms with van der Waals surface area (Å²) in [7, 11) is 0. The van der Waals surface area contributed by atoms with Crippen molar-refractivity contribution in [1.82, 2.24) is 10.3 Å². The van der Waals surface area contributed by atoms with Crippen LogP contribution in [0.4, 0.5) is 0 Å².